The molecule has 76 valence electrons. The van der Waals surface area contributed by atoms with E-state index >= 15 is 0 Å². The Labute approximate surface area is 83.7 Å². The van der Waals surface area contributed by atoms with Gasteiger partial charge in [0.2, 0.25) is 5.88 Å². The predicted octanol–water partition coefficient (Wildman–Crippen LogP) is 0.324. The summed E-state index contributed by atoms with van der Waals surface area (Å²) >= 11 is 0. The molecule has 1 saturated heterocycles. The maximum Gasteiger partial charge on any atom is 0.213 e. The van der Waals surface area contributed by atoms with Gasteiger partial charge in [-0.1, -0.05) is 6.07 Å². The third-order valence-electron chi connectivity index (χ3n) is 2.35. The summed E-state index contributed by atoms with van der Waals surface area (Å²) in [6.45, 7) is 2.95. The largest absolute Gasteiger partial charge is 0.481 e. The van der Waals surface area contributed by atoms with Gasteiger partial charge < -0.3 is 15.4 Å². The van der Waals surface area contributed by atoms with E-state index < -0.39 is 0 Å². The summed E-state index contributed by atoms with van der Waals surface area (Å²) in [5, 5.41) is 6.73. The van der Waals surface area contributed by atoms with Crippen LogP contribution in [0, 0.1) is 0 Å². The van der Waals surface area contributed by atoms with Crippen LogP contribution in [0.15, 0.2) is 18.2 Å². The van der Waals surface area contributed by atoms with Crippen molar-refractivity contribution in [2.24, 2.45) is 0 Å². The van der Waals surface area contributed by atoms with Gasteiger partial charge in [-0.05, 0) is 6.07 Å². The second-order valence-electron chi connectivity index (χ2n) is 3.32. The first-order valence-electron chi connectivity index (χ1n) is 4.85. The first-order chi connectivity index (χ1) is 6.90. The fraction of sp³-hybridized carbons (Fsp3) is 0.500. The molecule has 1 aliphatic heterocycles. The number of pyridine rings is 1. The lowest BCUT2D eigenvalue weighted by molar-refractivity contribution is 0.384. The first-order valence-corrected chi connectivity index (χ1v) is 4.85. The highest BCUT2D eigenvalue weighted by Crippen LogP contribution is 2.14. The van der Waals surface area contributed by atoms with Gasteiger partial charge in [0, 0.05) is 25.7 Å². The number of hydrogen-bond acceptors (Lipinski definition) is 4. The third-order valence-corrected chi connectivity index (χ3v) is 2.35. The van der Waals surface area contributed by atoms with Crippen LogP contribution in [-0.4, -0.2) is 31.7 Å². The van der Waals surface area contributed by atoms with E-state index in [-0.39, 0.29) is 0 Å². The minimum Gasteiger partial charge on any atom is -0.481 e. The quantitative estimate of drug-likeness (QED) is 0.710. The van der Waals surface area contributed by atoms with Crippen molar-refractivity contribution in [3.8, 4) is 5.88 Å². The summed E-state index contributed by atoms with van der Waals surface area (Å²) in [5.74, 6) is 0.676. The van der Waals surface area contributed by atoms with Crippen molar-refractivity contribution < 1.29 is 4.74 Å². The van der Waals surface area contributed by atoms with Crippen molar-refractivity contribution >= 4 is 0 Å². The van der Waals surface area contributed by atoms with Gasteiger partial charge in [0.25, 0.3) is 0 Å². The van der Waals surface area contributed by atoms with Crippen molar-refractivity contribution in [2.45, 2.75) is 6.04 Å². The van der Waals surface area contributed by atoms with Crippen molar-refractivity contribution in [3.05, 3.63) is 23.9 Å². The van der Waals surface area contributed by atoms with E-state index in [1.165, 1.54) is 0 Å². The monoisotopic (exact) mass is 193 g/mol. The van der Waals surface area contributed by atoms with Crippen LogP contribution >= 0.6 is 0 Å². The number of ether oxygens (including phenoxy) is 1. The van der Waals surface area contributed by atoms with Crippen LogP contribution in [0.2, 0.25) is 0 Å². The molecule has 1 unspecified atom stereocenters. The fourth-order valence-electron chi connectivity index (χ4n) is 1.60. The summed E-state index contributed by atoms with van der Waals surface area (Å²) in [7, 11) is 1.64. The van der Waals surface area contributed by atoms with Crippen LogP contribution in [0.1, 0.15) is 11.7 Å². The molecule has 4 nitrogen and oxygen atoms in total. The number of piperazine rings is 1. The number of nitrogens with one attached hydrogen (secondary N) is 2. The highest BCUT2D eigenvalue weighted by atomic mass is 16.5. The van der Waals surface area contributed by atoms with Gasteiger partial charge in [-0.25, -0.2) is 4.98 Å². The molecule has 1 atom stereocenters. The minimum absolute atomic E-state index is 0.304. The Morgan fingerprint density at radius 3 is 3.07 bits per heavy atom. The van der Waals surface area contributed by atoms with Crippen LogP contribution in [0.4, 0.5) is 0 Å². The highest BCUT2D eigenvalue weighted by Gasteiger charge is 2.15. The van der Waals surface area contributed by atoms with Crippen molar-refractivity contribution in [3.63, 3.8) is 0 Å². The summed E-state index contributed by atoms with van der Waals surface area (Å²) in [5.41, 5.74) is 1.04. The summed E-state index contributed by atoms with van der Waals surface area (Å²) < 4.78 is 5.09. The molecule has 2 heterocycles. The van der Waals surface area contributed by atoms with E-state index in [1.54, 1.807) is 7.11 Å². The number of hydrogen-bond donors (Lipinski definition) is 2. The Hall–Kier alpha value is -1.13. The van der Waals surface area contributed by atoms with Gasteiger partial charge in [0.1, 0.15) is 0 Å². The van der Waals surface area contributed by atoms with E-state index in [4.69, 9.17) is 4.74 Å². The molecular formula is C10H15N3O. The standard InChI is InChI=1S/C10H15N3O/c1-14-10-4-2-3-8(13-10)9-7-11-5-6-12-9/h2-4,9,11-12H,5-7H2,1H3. The van der Waals surface area contributed by atoms with Crippen LogP contribution in [0.3, 0.4) is 0 Å². The van der Waals surface area contributed by atoms with E-state index in [1.807, 2.05) is 18.2 Å². The zero-order chi connectivity index (χ0) is 9.80. The smallest absolute Gasteiger partial charge is 0.213 e. The summed E-state index contributed by atoms with van der Waals surface area (Å²) in [4.78, 5) is 4.39. The van der Waals surface area contributed by atoms with Crippen LogP contribution < -0.4 is 15.4 Å². The van der Waals surface area contributed by atoms with Gasteiger partial charge in [-0.15, -0.1) is 0 Å². The average molecular weight is 193 g/mol. The molecule has 1 aromatic heterocycles. The normalized spacial score (nSPS) is 21.9. The van der Waals surface area contributed by atoms with Gasteiger partial charge in [-0.2, -0.15) is 0 Å². The molecule has 2 N–H and O–H groups in total. The molecule has 0 aliphatic carbocycles. The Bertz CT molecular complexity index is 297. The molecule has 4 heteroatoms. The molecule has 0 bridgehead atoms. The number of methoxy groups -OCH3 is 1. The average Bonchev–Trinajstić information content (AvgIpc) is 2.30. The molecule has 1 aromatic rings. The lowest BCUT2D eigenvalue weighted by atomic mass is 10.1. The lowest BCUT2D eigenvalue weighted by Gasteiger charge is -2.24. The van der Waals surface area contributed by atoms with Gasteiger partial charge >= 0.3 is 0 Å². The van der Waals surface area contributed by atoms with Gasteiger partial charge in [0.05, 0.1) is 18.8 Å². The van der Waals surface area contributed by atoms with E-state index in [2.05, 4.69) is 15.6 Å². The van der Waals surface area contributed by atoms with Crippen LogP contribution in [0.25, 0.3) is 0 Å². The zero-order valence-corrected chi connectivity index (χ0v) is 8.29. The Kier molecular flexibility index (Phi) is 2.96. The van der Waals surface area contributed by atoms with E-state index in [0.29, 0.717) is 11.9 Å². The molecular weight excluding hydrogens is 178 g/mol. The second-order valence-corrected chi connectivity index (χ2v) is 3.32. The molecule has 0 amide bonds. The van der Waals surface area contributed by atoms with Gasteiger partial charge in [-0.3, -0.25) is 0 Å². The molecule has 0 radical (unpaired) electrons. The Morgan fingerprint density at radius 1 is 1.43 bits per heavy atom. The SMILES string of the molecule is COc1cccc(C2CNCCN2)n1. The predicted molar refractivity (Wildman–Crippen MR) is 54.4 cm³/mol. The van der Waals surface area contributed by atoms with Crippen molar-refractivity contribution in [1.29, 1.82) is 0 Å². The second kappa shape index (κ2) is 4.39. The maximum atomic E-state index is 5.09. The van der Waals surface area contributed by atoms with Crippen LogP contribution in [-0.2, 0) is 0 Å². The molecule has 1 aliphatic rings. The number of aromatic nitrogens is 1. The summed E-state index contributed by atoms with van der Waals surface area (Å²) in [6, 6.07) is 6.16. The van der Waals surface area contributed by atoms with E-state index in [9.17, 15) is 0 Å². The topological polar surface area (TPSA) is 46.2 Å². The number of nitrogens with zero attached hydrogens (tertiary/aromatic N) is 1. The van der Waals surface area contributed by atoms with Gasteiger partial charge in [0.15, 0.2) is 0 Å². The molecule has 0 saturated carbocycles. The lowest BCUT2D eigenvalue weighted by Crippen LogP contribution is -2.42. The molecule has 1 fully saturated rings. The Balaban J connectivity index is 2.13. The molecule has 14 heavy (non-hydrogen) atoms. The van der Waals surface area contributed by atoms with Crippen molar-refractivity contribution in [2.75, 3.05) is 26.7 Å². The maximum absolute atomic E-state index is 5.09. The molecule has 0 aromatic carbocycles. The molecule has 0 spiro atoms. The van der Waals surface area contributed by atoms with Crippen molar-refractivity contribution in [1.82, 2.24) is 15.6 Å². The number of rotatable bonds is 2. The summed E-state index contributed by atoms with van der Waals surface area (Å²) in [6.07, 6.45) is 0. The highest BCUT2D eigenvalue weighted by molar-refractivity contribution is 5.18. The molecule has 2 rings (SSSR count). The zero-order valence-electron chi connectivity index (χ0n) is 8.29. The van der Waals surface area contributed by atoms with E-state index in [0.717, 1.165) is 25.3 Å². The minimum atomic E-state index is 0.304. The van der Waals surface area contributed by atoms with Crippen LogP contribution in [0.5, 0.6) is 5.88 Å². The third kappa shape index (κ3) is 2.02. The Morgan fingerprint density at radius 2 is 2.36 bits per heavy atom. The first kappa shape index (κ1) is 9.43. The fourth-order valence-corrected chi connectivity index (χ4v) is 1.60.